The minimum atomic E-state index is -0.148. The highest BCUT2D eigenvalue weighted by atomic mass is 16.7. The van der Waals surface area contributed by atoms with Crippen LogP contribution >= 0.6 is 0 Å². The van der Waals surface area contributed by atoms with Gasteiger partial charge in [-0.15, -0.1) is 0 Å². The molecule has 1 spiro atoms. The van der Waals surface area contributed by atoms with Crippen molar-refractivity contribution in [3.05, 3.63) is 0 Å². The molecule has 4 aliphatic carbocycles. The summed E-state index contributed by atoms with van der Waals surface area (Å²) in [6, 6.07) is 0. The van der Waals surface area contributed by atoms with E-state index in [2.05, 4.69) is 0 Å². The second-order valence-corrected chi connectivity index (χ2v) is 10.6. The topological polar surface area (TPSA) is 35.5 Å². The van der Waals surface area contributed by atoms with E-state index in [4.69, 9.17) is 9.47 Å². The molecule has 5 aliphatic rings. The minimum Gasteiger partial charge on any atom is -0.348 e. The fraction of sp³-hybridized carbons (Fsp3) is 0.962. The van der Waals surface area contributed by atoms with Gasteiger partial charge in [-0.1, -0.05) is 64.2 Å². The van der Waals surface area contributed by atoms with Gasteiger partial charge in [0.25, 0.3) is 0 Å². The number of rotatable bonds is 2. The summed E-state index contributed by atoms with van der Waals surface area (Å²) < 4.78 is 11.6. The predicted molar refractivity (Wildman–Crippen MR) is 117 cm³/mol. The SMILES string of the molecule is C1CCC(C2CCC3(CC2)OCCO3)CC1.O=C1CCC(C2CCCCC2)CC1. The molecule has 1 saturated heterocycles. The molecule has 29 heavy (non-hydrogen) atoms. The molecule has 3 heteroatoms. The summed E-state index contributed by atoms with van der Waals surface area (Å²) in [6.45, 7) is 1.63. The zero-order valence-electron chi connectivity index (χ0n) is 18.7. The Morgan fingerprint density at radius 1 is 0.552 bits per heavy atom. The molecule has 0 N–H and O–H groups in total. The quantitative estimate of drug-likeness (QED) is 0.506. The number of carbonyl (C=O) groups excluding carboxylic acids is 1. The molecule has 0 unspecified atom stereocenters. The van der Waals surface area contributed by atoms with Crippen molar-refractivity contribution in [2.75, 3.05) is 13.2 Å². The Morgan fingerprint density at radius 2 is 0.966 bits per heavy atom. The van der Waals surface area contributed by atoms with Gasteiger partial charge in [-0.05, 0) is 49.4 Å². The normalized spacial score (nSPS) is 30.3. The Bertz CT molecular complexity index is 478. The number of Topliss-reactive ketones (excluding diaryl/α,β-unsaturated/α-hetero) is 1. The number of hydrogen-bond acceptors (Lipinski definition) is 3. The van der Waals surface area contributed by atoms with Crippen LogP contribution in [0.15, 0.2) is 0 Å². The Hall–Kier alpha value is -0.410. The molecule has 0 radical (unpaired) electrons. The van der Waals surface area contributed by atoms with Crippen LogP contribution in [0.5, 0.6) is 0 Å². The predicted octanol–water partition coefficient (Wildman–Crippen LogP) is 6.83. The lowest BCUT2D eigenvalue weighted by Crippen LogP contribution is -2.37. The average Bonchev–Trinajstić information content (AvgIpc) is 3.24. The Labute approximate surface area is 178 Å². The maximum atomic E-state index is 11.1. The van der Waals surface area contributed by atoms with E-state index < -0.39 is 0 Å². The smallest absolute Gasteiger partial charge is 0.168 e. The minimum absolute atomic E-state index is 0.148. The summed E-state index contributed by atoms with van der Waals surface area (Å²) in [4.78, 5) is 11.1. The monoisotopic (exact) mass is 404 g/mol. The first-order valence-corrected chi connectivity index (χ1v) is 13.0. The summed E-state index contributed by atoms with van der Waals surface area (Å²) in [7, 11) is 0. The van der Waals surface area contributed by atoms with Gasteiger partial charge in [-0.2, -0.15) is 0 Å². The maximum absolute atomic E-state index is 11.1. The van der Waals surface area contributed by atoms with Gasteiger partial charge in [-0.3, -0.25) is 4.79 Å². The van der Waals surface area contributed by atoms with E-state index in [1.165, 1.54) is 89.9 Å². The van der Waals surface area contributed by atoms with E-state index in [1.807, 2.05) is 0 Å². The van der Waals surface area contributed by atoms with Crippen molar-refractivity contribution < 1.29 is 14.3 Å². The van der Waals surface area contributed by atoms with Crippen molar-refractivity contribution in [2.24, 2.45) is 23.7 Å². The maximum Gasteiger partial charge on any atom is 0.168 e. The van der Waals surface area contributed by atoms with E-state index in [0.717, 1.165) is 62.6 Å². The van der Waals surface area contributed by atoms with Gasteiger partial charge in [0, 0.05) is 25.7 Å². The van der Waals surface area contributed by atoms with Crippen LogP contribution in [-0.4, -0.2) is 24.8 Å². The molecule has 0 aromatic heterocycles. The lowest BCUT2D eigenvalue weighted by atomic mass is 9.72. The van der Waals surface area contributed by atoms with Gasteiger partial charge in [0.1, 0.15) is 5.78 Å². The van der Waals surface area contributed by atoms with Gasteiger partial charge in [0.15, 0.2) is 5.79 Å². The number of carbonyl (C=O) groups is 1. The van der Waals surface area contributed by atoms with Crippen LogP contribution in [0.2, 0.25) is 0 Å². The lowest BCUT2D eigenvalue weighted by molar-refractivity contribution is -0.185. The summed E-state index contributed by atoms with van der Waals surface area (Å²) in [6.07, 6.45) is 23.7. The second-order valence-electron chi connectivity index (χ2n) is 10.6. The van der Waals surface area contributed by atoms with Crippen molar-refractivity contribution >= 4 is 5.78 Å². The van der Waals surface area contributed by atoms with Crippen LogP contribution in [0.3, 0.4) is 0 Å². The van der Waals surface area contributed by atoms with E-state index in [-0.39, 0.29) is 5.79 Å². The molecule has 0 amide bonds. The Morgan fingerprint density at radius 3 is 1.45 bits per heavy atom. The molecule has 1 heterocycles. The first-order chi connectivity index (χ1) is 14.2. The van der Waals surface area contributed by atoms with Gasteiger partial charge in [0.2, 0.25) is 0 Å². The van der Waals surface area contributed by atoms with Gasteiger partial charge >= 0.3 is 0 Å². The number of hydrogen-bond donors (Lipinski definition) is 0. The third kappa shape index (κ3) is 6.06. The summed E-state index contributed by atoms with van der Waals surface area (Å²) in [5, 5.41) is 0. The zero-order chi connectivity index (χ0) is 19.9. The largest absolute Gasteiger partial charge is 0.348 e. The van der Waals surface area contributed by atoms with Crippen molar-refractivity contribution in [1.29, 1.82) is 0 Å². The average molecular weight is 405 g/mol. The fourth-order valence-electron chi connectivity index (χ4n) is 6.98. The standard InChI is InChI=1S/C14H24O2.C12H20O/c1-2-4-12(5-3-1)13-6-8-14(9-7-13)15-10-11-16-14;13-12-8-6-11(7-9-12)10-4-2-1-3-5-10/h12-13H,1-11H2;10-11H,1-9H2. The van der Waals surface area contributed by atoms with Crippen molar-refractivity contribution in [3.8, 4) is 0 Å². The Balaban J connectivity index is 0.000000145. The van der Waals surface area contributed by atoms with E-state index in [0.29, 0.717) is 5.78 Å². The van der Waals surface area contributed by atoms with Crippen LogP contribution in [0, 0.1) is 23.7 Å². The molecule has 5 fully saturated rings. The van der Waals surface area contributed by atoms with Crippen LogP contribution in [0.25, 0.3) is 0 Å². The van der Waals surface area contributed by atoms with Crippen LogP contribution in [0.4, 0.5) is 0 Å². The molecule has 3 nitrogen and oxygen atoms in total. The fourth-order valence-corrected chi connectivity index (χ4v) is 6.98. The Kier molecular flexibility index (Phi) is 8.09. The highest BCUT2D eigenvalue weighted by molar-refractivity contribution is 5.79. The molecule has 1 aliphatic heterocycles. The van der Waals surface area contributed by atoms with Gasteiger partial charge in [-0.25, -0.2) is 0 Å². The molecule has 0 aromatic rings. The third-order valence-corrected chi connectivity index (χ3v) is 8.83. The highest BCUT2D eigenvalue weighted by Gasteiger charge is 2.41. The zero-order valence-corrected chi connectivity index (χ0v) is 18.7. The molecular formula is C26H44O3. The first-order valence-electron chi connectivity index (χ1n) is 13.0. The molecule has 5 rings (SSSR count). The summed E-state index contributed by atoms with van der Waals surface area (Å²) in [5.74, 6) is 4.23. The van der Waals surface area contributed by atoms with E-state index >= 15 is 0 Å². The molecular weight excluding hydrogens is 360 g/mol. The third-order valence-electron chi connectivity index (χ3n) is 8.83. The summed E-state index contributed by atoms with van der Waals surface area (Å²) >= 11 is 0. The van der Waals surface area contributed by atoms with Crippen LogP contribution in [0.1, 0.15) is 116 Å². The molecule has 0 bridgehead atoms. The summed E-state index contributed by atoms with van der Waals surface area (Å²) in [5.41, 5.74) is 0. The molecule has 0 aromatic carbocycles. The van der Waals surface area contributed by atoms with Crippen molar-refractivity contribution in [2.45, 2.75) is 121 Å². The molecule has 0 atom stereocenters. The van der Waals surface area contributed by atoms with Gasteiger partial charge < -0.3 is 9.47 Å². The number of ether oxygens (including phenoxy) is 2. The van der Waals surface area contributed by atoms with E-state index in [9.17, 15) is 4.79 Å². The first kappa shape index (κ1) is 21.8. The van der Waals surface area contributed by atoms with Crippen molar-refractivity contribution in [1.82, 2.24) is 0 Å². The van der Waals surface area contributed by atoms with E-state index in [1.54, 1.807) is 0 Å². The second kappa shape index (κ2) is 10.8. The van der Waals surface area contributed by atoms with Crippen LogP contribution in [-0.2, 0) is 14.3 Å². The van der Waals surface area contributed by atoms with Crippen molar-refractivity contribution in [3.63, 3.8) is 0 Å². The van der Waals surface area contributed by atoms with Crippen LogP contribution < -0.4 is 0 Å². The lowest BCUT2D eigenvalue weighted by Gasteiger charge is -2.39. The molecule has 4 saturated carbocycles. The highest BCUT2D eigenvalue weighted by Crippen LogP contribution is 2.44. The molecule has 166 valence electrons. The number of ketones is 1. The van der Waals surface area contributed by atoms with Gasteiger partial charge in [0.05, 0.1) is 13.2 Å².